The lowest BCUT2D eigenvalue weighted by atomic mass is 10.3. The van der Waals surface area contributed by atoms with Crippen molar-refractivity contribution in [2.24, 2.45) is 0 Å². The van der Waals surface area contributed by atoms with Crippen LogP contribution in [0.25, 0.3) is 0 Å². The van der Waals surface area contributed by atoms with Crippen LogP contribution in [0.3, 0.4) is 0 Å². The molecule has 12 heavy (non-hydrogen) atoms. The van der Waals surface area contributed by atoms with Crippen molar-refractivity contribution in [3.8, 4) is 0 Å². The fraction of sp³-hybridized carbons (Fsp3) is 0.750. The maximum absolute atomic E-state index is 11.9. The molecule has 1 N–H and O–H groups in total. The fourth-order valence-corrected chi connectivity index (χ4v) is 0.905. The quantitative estimate of drug-likeness (QED) is 0.592. The van der Waals surface area contributed by atoms with Crippen molar-refractivity contribution in [1.82, 2.24) is 4.90 Å². The highest BCUT2D eigenvalue weighted by Crippen LogP contribution is 1.99. The van der Waals surface area contributed by atoms with Gasteiger partial charge in [0.15, 0.2) is 0 Å². The molecule has 0 aliphatic rings. The van der Waals surface area contributed by atoms with Crippen LogP contribution in [-0.4, -0.2) is 42.7 Å². The van der Waals surface area contributed by atoms with Crippen molar-refractivity contribution in [3.05, 3.63) is 12.7 Å². The zero-order valence-corrected chi connectivity index (χ0v) is 7.05. The van der Waals surface area contributed by atoms with Gasteiger partial charge < -0.3 is 5.11 Å². The molecular formula is C8H15F2NO. The minimum Gasteiger partial charge on any atom is -0.395 e. The normalized spacial score (nSPS) is 11.1. The van der Waals surface area contributed by atoms with E-state index in [4.69, 9.17) is 5.11 Å². The van der Waals surface area contributed by atoms with E-state index < -0.39 is 6.43 Å². The van der Waals surface area contributed by atoms with Crippen molar-refractivity contribution in [3.63, 3.8) is 0 Å². The van der Waals surface area contributed by atoms with Gasteiger partial charge in [0.1, 0.15) is 0 Å². The first-order valence-corrected chi connectivity index (χ1v) is 3.93. The third-order valence-electron chi connectivity index (χ3n) is 1.46. The molecule has 0 radical (unpaired) electrons. The molecular weight excluding hydrogens is 164 g/mol. The van der Waals surface area contributed by atoms with Crippen LogP contribution in [0.4, 0.5) is 8.78 Å². The van der Waals surface area contributed by atoms with E-state index in [0.29, 0.717) is 19.5 Å². The van der Waals surface area contributed by atoms with E-state index in [2.05, 4.69) is 6.58 Å². The molecule has 72 valence electrons. The summed E-state index contributed by atoms with van der Waals surface area (Å²) in [7, 11) is 0. The first-order chi connectivity index (χ1) is 5.70. The zero-order chi connectivity index (χ0) is 9.40. The second kappa shape index (κ2) is 7.18. The van der Waals surface area contributed by atoms with Gasteiger partial charge in [-0.3, -0.25) is 4.90 Å². The Morgan fingerprint density at radius 1 is 1.42 bits per heavy atom. The molecule has 0 aliphatic carbocycles. The molecule has 0 rings (SSSR count). The highest BCUT2D eigenvalue weighted by Gasteiger charge is 2.09. The summed E-state index contributed by atoms with van der Waals surface area (Å²) >= 11 is 0. The number of aliphatic hydroxyl groups excluding tert-OH is 1. The van der Waals surface area contributed by atoms with E-state index in [1.54, 1.807) is 6.08 Å². The van der Waals surface area contributed by atoms with Gasteiger partial charge in [-0.2, -0.15) is 0 Å². The predicted molar refractivity (Wildman–Crippen MR) is 44.3 cm³/mol. The average Bonchev–Trinajstić information content (AvgIpc) is 2.00. The summed E-state index contributed by atoms with van der Waals surface area (Å²) in [5.74, 6) is 0. The second-order valence-corrected chi connectivity index (χ2v) is 2.49. The van der Waals surface area contributed by atoms with E-state index in [9.17, 15) is 8.78 Å². The maximum Gasteiger partial charge on any atom is 0.251 e. The van der Waals surface area contributed by atoms with Gasteiger partial charge in [0.2, 0.25) is 0 Å². The lowest BCUT2D eigenvalue weighted by molar-refractivity contribution is 0.0793. The number of halogens is 2. The van der Waals surface area contributed by atoms with Gasteiger partial charge in [0.05, 0.1) is 13.2 Å². The van der Waals surface area contributed by atoms with Crippen molar-refractivity contribution < 1.29 is 13.9 Å². The Bertz CT molecular complexity index is 120. The van der Waals surface area contributed by atoms with Gasteiger partial charge in [-0.25, -0.2) is 8.78 Å². The number of hydrogen-bond donors (Lipinski definition) is 1. The minimum absolute atomic E-state index is 0.0795. The van der Waals surface area contributed by atoms with Crippen LogP contribution in [0.15, 0.2) is 12.7 Å². The van der Waals surface area contributed by atoms with E-state index in [1.807, 2.05) is 0 Å². The molecule has 4 heteroatoms. The van der Waals surface area contributed by atoms with Crippen LogP contribution in [-0.2, 0) is 0 Å². The molecule has 0 atom stereocenters. The monoisotopic (exact) mass is 179 g/mol. The van der Waals surface area contributed by atoms with Crippen molar-refractivity contribution in [1.29, 1.82) is 0 Å². The Hall–Kier alpha value is -0.480. The van der Waals surface area contributed by atoms with Crippen molar-refractivity contribution in [2.45, 2.75) is 12.8 Å². The Labute approximate surface area is 71.5 Å². The second-order valence-electron chi connectivity index (χ2n) is 2.49. The van der Waals surface area contributed by atoms with Crippen LogP contribution >= 0.6 is 0 Å². The molecule has 0 saturated heterocycles. The number of aliphatic hydroxyl groups is 1. The summed E-state index contributed by atoms with van der Waals surface area (Å²) in [5, 5.41) is 8.54. The summed E-state index contributed by atoms with van der Waals surface area (Å²) in [6.07, 6.45) is 0.0177. The van der Waals surface area contributed by atoms with Gasteiger partial charge in [0, 0.05) is 13.1 Å². The number of nitrogens with zero attached hydrogens (tertiary/aromatic N) is 1. The van der Waals surface area contributed by atoms with Crippen LogP contribution in [0.2, 0.25) is 0 Å². The summed E-state index contributed by atoms with van der Waals surface area (Å²) in [6.45, 7) is 3.99. The van der Waals surface area contributed by atoms with Crippen LogP contribution in [0, 0.1) is 0 Å². The molecule has 0 amide bonds. The largest absolute Gasteiger partial charge is 0.395 e. The van der Waals surface area contributed by atoms with E-state index in [1.165, 1.54) is 4.90 Å². The number of alkyl halides is 2. The Morgan fingerprint density at radius 2 is 2.08 bits per heavy atom. The molecule has 0 aliphatic heterocycles. The molecule has 0 spiro atoms. The molecule has 2 nitrogen and oxygen atoms in total. The van der Waals surface area contributed by atoms with Crippen LogP contribution in [0.5, 0.6) is 0 Å². The van der Waals surface area contributed by atoms with Gasteiger partial charge in [-0.15, -0.1) is 6.58 Å². The standard InChI is InChI=1S/C8H15F2NO/c1-2-3-4-11(5-6-12)7-8(9)10/h2,8,12H,1,3-7H2. The Morgan fingerprint density at radius 3 is 2.50 bits per heavy atom. The lowest BCUT2D eigenvalue weighted by Crippen LogP contribution is -2.32. The number of hydrogen-bond acceptors (Lipinski definition) is 2. The topological polar surface area (TPSA) is 23.5 Å². The molecule has 0 aromatic rings. The molecule has 0 saturated carbocycles. The highest BCUT2D eigenvalue weighted by molar-refractivity contribution is 4.70. The molecule has 0 bridgehead atoms. The van der Waals surface area contributed by atoms with E-state index in [-0.39, 0.29) is 13.2 Å². The maximum atomic E-state index is 11.9. The zero-order valence-electron chi connectivity index (χ0n) is 7.05. The van der Waals surface area contributed by atoms with Crippen molar-refractivity contribution in [2.75, 3.05) is 26.2 Å². The third kappa shape index (κ3) is 6.24. The highest BCUT2D eigenvalue weighted by atomic mass is 19.3. The van der Waals surface area contributed by atoms with Gasteiger partial charge in [-0.05, 0) is 6.42 Å². The summed E-state index contributed by atoms with van der Waals surface area (Å²) in [4.78, 5) is 1.52. The molecule has 0 aromatic carbocycles. The molecule has 0 aromatic heterocycles. The van der Waals surface area contributed by atoms with Gasteiger partial charge in [-0.1, -0.05) is 6.08 Å². The van der Waals surface area contributed by atoms with Crippen molar-refractivity contribution >= 4 is 0 Å². The van der Waals surface area contributed by atoms with Crippen LogP contribution < -0.4 is 0 Å². The third-order valence-corrected chi connectivity index (χ3v) is 1.46. The Balaban J connectivity index is 3.61. The fourth-order valence-electron chi connectivity index (χ4n) is 0.905. The molecule has 0 heterocycles. The SMILES string of the molecule is C=CCCN(CCO)CC(F)F. The summed E-state index contributed by atoms with van der Waals surface area (Å²) in [6, 6.07) is 0. The first-order valence-electron chi connectivity index (χ1n) is 3.93. The van der Waals surface area contributed by atoms with E-state index >= 15 is 0 Å². The Kier molecular flexibility index (Phi) is 6.90. The summed E-state index contributed by atoms with van der Waals surface area (Å²) < 4.78 is 23.8. The van der Waals surface area contributed by atoms with Gasteiger partial charge >= 0.3 is 0 Å². The van der Waals surface area contributed by atoms with E-state index in [0.717, 1.165) is 0 Å². The average molecular weight is 179 g/mol. The van der Waals surface area contributed by atoms with Gasteiger partial charge in [0.25, 0.3) is 6.43 Å². The van der Waals surface area contributed by atoms with Crippen LogP contribution in [0.1, 0.15) is 6.42 Å². The lowest BCUT2D eigenvalue weighted by Gasteiger charge is -2.19. The predicted octanol–water partition coefficient (Wildman–Crippen LogP) is 1.12. The minimum atomic E-state index is -2.33. The smallest absolute Gasteiger partial charge is 0.251 e. The molecule has 0 fully saturated rings. The summed E-state index contributed by atoms with van der Waals surface area (Å²) in [5.41, 5.74) is 0. The number of rotatable bonds is 7. The first kappa shape index (κ1) is 11.5. The molecule has 0 unspecified atom stereocenters.